The number of hydrogen-bond donors (Lipinski definition) is 5. The van der Waals surface area contributed by atoms with E-state index in [1.54, 1.807) is 32.9 Å². The maximum atomic E-state index is 12.5. The normalized spacial score (nSPS) is 12.9. The van der Waals surface area contributed by atoms with E-state index in [2.05, 4.69) is 20.5 Å². The Bertz CT molecular complexity index is 1200. The van der Waals surface area contributed by atoms with Gasteiger partial charge in [0.1, 0.15) is 11.5 Å². The molecule has 0 fully saturated rings. The number of nitrogens with two attached hydrogens (primary N) is 1. The summed E-state index contributed by atoms with van der Waals surface area (Å²) in [5.41, 5.74) is 1.10. The molecule has 2 rings (SSSR count). The molecule has 6 N–H and O–H groups in total. The highest BCUT2D eigenvalue weighted by atomic mass is 35.5. The molecule has 0 saturated carbocycles. The highest BCUT2D eigenvalue weighted by Crippen LogP contribution is 2.34. The number of rotatable bonds is 9. The molecule has 0 aromatic heterocycles. The first-order chi connectivity index (χ1) is 15.8. The molecule has 0 heterocycles. The monoisotopic (exact) mass is 509 g/mol. The molecule has 0 aliphatic carbocycles. The summed E-state index contributed by atoms with van der Waals surface area (Å²) in [7, 11) is -3.80. The summed E-state index contributed by atoms with van der Waals surface area (Å²) in [5.74, 6) is 3.52. The molecule has 1 unspecified atom stereocenters. The van der Waals surface area contributed by atoms with Crippen LogP contribution < -0.4 is 21.2 Å². The van der Waals surface area contributed by atoms with Crippen molar-refractivity contribution in [2.75, 3.05) is 10.6 Å². The summed E-state index contributed by atoms with van der Waals surface area (Å²) in [6, 6.07) is 8.04. The second-order valence-corrected chi connectivity index (χ2v) is 10.2. The minimum Gasteiger partial charge on any atom is -0.506 e. The molecule has 184 valence electrons. The highest BCUT2D eigenvalue weighted by Gasteiger charge is 2.21. The van der Waals surface area contributed by atoms with Crippen molar-refractivity contribution in [2.24, 2.45) is 16.9 Å². The van der Waals surface area contributed by atoms with Crippen LogP contribution in [0.3, 0.4) is 0 Å². The Kier molecular flexibility index (Phi) is 9.02. The van der Waals surface area contributed by atoms with Gasteiger partial charge < -0.3 is 21.6 Å². The number of benzene rings is 2. The maximum Gasteiger partial charge on any atom is 0.272 e. The zero-order chi connectivity index (χ0) is 25.6. The number of hydrogen-bond acceptors (Lipinski definition) is 7. The molecule has 1 atom stereocenters. The van der Waals surface area contributed by atoms with Gasteiger partial charge in [0.2, 0.25) is 15.9 Å². The van der Waals surface area contributed by atoms with Gasteiger partial charge >= 0.3 is 0 Å². The van der Waals surface area contributed by atoms with Crippen molar-refractivity contribution < 1.29 is 23.1 Å². The number of amides is 2. The number of carbonyl (C=O) groups excluding carboxylic acids is 2. The Morgan fingerprint density at radius 3 is 2.26 bits per heavy atom. The number of anilines is 2. The Hall–Kier alpha value is -3.15. The molecule has 0 saturated heterocycles. The lowest BCUT2D eigenvalue weighted by Gasteiger charge is -2.16. The first-order valence-corrected chi connectivity index (χ1v) is 12.2. The van der Waals surface area contributed by atoms with Gasteiger partial charge in [-0.25, -0.2) is 13.1 Å². The van der Waals surface area contributed by atoms with Crippen LogP contribution in [0, 0.1) is 12.8 Å². The fraction of sp³-hybridized carbons (Fsp3) is 0.318. The van der Waals surface area contributed by atoms with Crippen molar-refractivity contribution >= 4 is 50.5 Å². The van der Waals surface area contributed by atoms with E-state index in [9.17, 15) is 23.1 Å². The molecule has 0 spiro atoms. The lowest BCUT2D eigenvalue weighted by Crippen LogP contribution is -2.35. The Labute approximate surface area is 203 Å². The van der Waals surface area contributed by atoms with E-state index < -0.39 is 27.9 Å². The Morgan fingerprint density at radius 1 is 1.09 bits per heavy atom. The molecule has 0 radical (unpaired) electrons. The number of aromatic hydroxyl groups is 1. The van der Waals surface area contributed by atoms with Crippen LogP contribution >= 0.6 is 11.6 Å². The quantitative estimate of drug-likeness (QED) is 0.151. The van der Waals surface area contributed by atoms with Gasteiger partial charge in [0.25, 0.3) is 5.91 Å². The van der Waals surface area contributed by atoms with E-state index in [1.807, 2.05) is 6.92 Å². The lowest BCUT2D eigenvalue weighted by atomic mass is 10.1. The Balaban J connectivity index is 2.05. The van der Waals surface area contributed by atoms with Crippen LogP contribution in [0.4, 0.5) is 11.4 Å². The molecular weight excluding hydrogens is 482 g/mol. The molecule has 34 heavy (non-hydrogen) atoms. The molecule has 0 bridgehead atoms. The number of halogens is 1. The van der Waals surface area contributed by atoms with E-state index in [0.29, 0.717) is 0 Å². The van der Waals surface area contributed by atoms with Crippen molar-refractivity contribution in [3.05, 3.63) is 47.0 Å². The SMILES string of the molecule is Cc1ccc(S(=O)(=O)NC(C)CC(=O)Nc2cc(O)c(NC(=O)/C(=N/N)C(C)C)cc2Cl)cc1. The average molecular weight is 510 g/mol. The molecule has 2 amide bonds. The standard InChI is InChI=1S/C22H28ClN5O5S/c1-12(2)21(27-24)22(31)26-18-10-16(23)17(11-19(18)29)25-20(30)9-14(4)28-34(32,33)15-7-5-13(3)6-8-15/h5-8,10-12,14,28-29H,9,24H2,1-4H3,(H,25,30)(H,26,31)/b27-21+. The third-order valence-corrected chi connectivity index (χ3v) is 6.62. The van der Waals surface area contributed by atoms with Crippen molar-refractivity contribution in [1.82, 2.24) is 4.72 Å². The van der Waals surface area contributed by atoms with E-state index in [0.717, 1.165) is 5.56 Å². The number of nitrogens with zero attached hydrogens (tertiary/aromatic N) is 1. The van der Waals surface area contributed by atoms with Crippen LogP contribution in [0.25, 0.3) is 0 Å². The molecular formula is C22H28ClN5O5S. The highest BCUT2D eigenvalue weighted by molar-refractivity contribution is 7.89. The van der Waals surface area contributed by atoms with Crippen LogP contribution in [0.15, 0.2) is 46.4 Å². The smallest absolute Gasteiger partial charge is 0.272 e. The van der Waals surface area contributed by atoms with Gasteiger partial charge in [0.05, 0.1) is 21.3 Å². The number of carbonyl (C=O) groups is 2. The summed E-state index contributed by atoms with van der Waals surface area (Å²) >= 11 is 6.20. The van der Waals surface area contributed by atoms with Gasteiger partial charge in [-0.3, -0.25) is 9.59 Å². The van der Waals surface area contributed by atoms with Crippen LogP contribution in [-0.4, -0.2) is 37.1 Å². The second-order valence-electron chi connectivity index (χ2n) is 8.06. The zero-order valence-electron chi connectivity index (χ0n) is 19.2. The van der Waals surface area contributed by atoms with E-state index in [4.69, 9.17) is 17.4 Å². The number of nitrogens with one attached hydrogen (secondary N) is 3. The third kappa shape index (κ3) is 7.17. The summed E-state index contributed by atoms with van der Waals surface area (Å²) in [4.78, 5) is 24.8. The van der Waals surface area contributed by atoms with Crippen molar-refractivity contribution in [3.8, 4) is 5.75 Å². The Morgan fingerprint density at radius 2 is 1.71 bits per heavy atom. The summed E-state index contributed by atoms with van der Waals surface area (Å²) in [6.45, 7) is 6.86. The number of phenols is 1. The van der Waals surface area contributed by atoms with Crippen LogP contribution in [0.2, 0.25) is 5.02 Å². The van der Waals surface area contributed by atoms with Gasteiger partial charge in [0.15, 0.2) is 0 Å². The first kappa shape index (κ1) is 27.1. The van der Waals surface area contributed by atoms with E-state index in [-0.39, 0.29) is 45.1 Å². The number of hydrazone groups is 1. The predicted octanol–water partition coefficient (Wildman–Crippen LogP) is 2.96. The molecule has 0 aliphatic rings. The first-order valence-electron chi connectivity index (χ1n) is 10.3. The zero-order valence-corrected chi connectivity index (χ0v) is 20.8. The van der Waals surface area contributed by atoms with Gasteiger partial charge in [-0.05, 0) is 32.0 Å². The molecule has 10 nitrogen and oxygen atoms in total. The lowest BCUT2D eigenvalue weighted by molar-refractivity contribution is -0.116. The van der Waals surface area contributed by atoms with E-state index >= 15 is 0 Å². The average Bonchev–Trinajstić information content (AvgIpc) is 2.71. The summed E-state index contributed by atoms with van der Waals surface area (Å²) in [6.07, 6.45) is -0.189. The fourth-order valence-corrected chi connectivity index (χ4v) is 4.44. The van der Waals surface area contributed by atoms with Gasteiger partial charge in [-0.2, -0.15) is 5.10 Å². The third-order valence-electron chi connectivity index (χ3n) is 4.71. The minimum absolute atomic E-state index is 0.00836. The summed E-state index contributed by atoms with van der Waals surface area (Å²) in [5, 5.41) is 18.8. The minimum atomic E-state index is -3.80. The molecule has 12 heteroatoms. The maximum absolute atomic E-state index is 12.5. The van der Waals surface area contributed by atoms with Crippen molar-refractivity contribution in [3.63, 3.8) is 0 Å². The van der Waals surface area contributed by atoms with Crippen molar-refractivity contribution in [2.45, 2.75) is 45.1 Å². The number of sulfonamides is 1. The van der Waals surface area contributed by atoms with Crippen LogP contribution in [0.5, 0.6) is 5.75 Å². The largest absolute Gasteiger partial charge is 0.506 e. The van der Waals surface area contributed by atoms with E-state index in [1.165, 1.54) is 24.3 Å². The van der Waals surface area contributed by atoms with Crippen molar-refractivity contribution in [1.29, 1.82) is 0 Å². The fourth-order valence-electron chi connectivity index (χ4n) is 2.99. The number of aryl methyl sites for hydroxylation is 1. The molecule has 0 aliphatic heterocycles. The van der Waals surface area contributed by atoms with Gasteiger partial charge in [-0.1, -0.05) is 43.1 Å². The van der Waals surface area contributed by atoms with Crippen LogP contribution in [-0.2, 0) is 19.6 Å². The molecule has 2 aromatic carbocycles. The molecule has 2 aromatic rings. The van der Waals surface area contributed by atoms with Gasteiger partial charge in [-0.15, -0.1) is 0 Å². The number of phenolic OH excluding ortho intramolecular Hbond substituents is 1. The topological polar surface area (TPSA) is 163 Å². The van der Waals surface area contributed by atoms with Gasteiger partial charge in [0, 0.05) is 24.4 Å². The summed E-state index contributed by atoms with van der Waals surface area (Å²) < 4.78 is 27.4. The van der Waals surface area contributed by atoms with Crippen LogP contribution in [0.1, 0.15) is 32.8 Å². The second kappa shape index (κ2) is 11.3. The predicted molar refractivity (Wildman–Crippen MR) is 132 cm³/mol.